The van der Waals surface area contributed by atoms with Gasteiger partial charge in [-0.2, -0.15) is 5.26 Å². The molecule has 0 aliphatic carbocycles. The number of carbonyl (C=O) groups excluding carboxylic acids is 1. The summed E-state index contributed by atoms with van der Waals surface area (Å²) < 4.78 is 5.16. The Morgan fingerprint density at radius 1 is 1.42 bits per heavy atom. The number of hydrogen-bond acceptors (Lipinski definition) is 3. The lowest BCUT2D eigenvalue weighted by molar-refractivity contribution is 0.246. The number of anilines is 1. The van der Waals surface area contributed by atoms with Crippen LogP contribution in [0.25, 0.3) is 0 Å². The average Bonchev–Trinajstić information content (AvgIpc) is 2.36. The van der Waals surface area contributed by atoms with Gasteiger partial charge in [0.05, 0.1) is 0 Å². The lowest BCUT2D eigenvalue weighted by atomic mass is 10.1. The highest BCUT2D eigenvalue weighted by atomic mass is 16.5. The minimum atomic E-state index is -0.251. The highest BCUT2D eigenvalue weighted by Crippen LogP contribution is 2.17. The summed E-state index contributed by atoms with van der Waals surface area (Å²) in [5, 5.41) is 14.0. The monoisotopic (exact) mass is 261 g/mol. The number of ether oxygens (including phenoxy) is 1. The Labute approximate surface area is 113 Å². The fourth-order valence-corrected chi connectivity index (χ4v) is 1.32. The predicted molar refractivity (Wildman–Crippen MR) is 74.0 cm³/mol. The molecule has 0 spiro atoms. The molecular weight excluding hydrogens is 242 g/mol. The van der Waals surface area contributed by atoms with Crippen LogP contribution in [0.5, 0.6) is 5.75 Å². The zero-order valence-corrected chi connectivity index (χ0v) is 11.4. The molecular formula is C14H19N3O2. The minimum Gasteiger partial charge on any atom is -0.479 e. The summed E-state index contributed by atoms with van der Waals surface area (Å²) in [4.78, 5) is 11.7. The molecule has 0 aromatic heterocycles. The van der Waals surface area contributed by atoms with Crippen LogP contribution in [0.2, 0.25) is 0 Å². The van der Waals surface area contributed by atoms with E-state index in [1.807, 2.05) is 26.8 Å². The van der Waals surface area contributed by atoms with Gasteiger partial charge in [-0.05, 0) is 25.0 Å². The molecule has 0 bridgehead atoms. The molecule has 0 saturated heterocycles. The molecule has 2 N–H and O–H groups in total. The highest BCUT2D eigenvalue weighted by molar-refractivity contribution is 5.89. The summed E-state index contributed by atoms with van der Waals surface area (Å²) in [6.07, 6.45) is 0. The van der Waals surface area contributed by atoms with E-state index in [0.29, 0.717) is 17.4 Å². The standard InChI is InChI=1S/C14H19N3O2/c1-10(2)11(3)16-14(18)17-12-5-4-6-13(9-12)19-8-7-15/h4-6,9-11H,8H2,1-3H3,(H2,16,17,18)/t11-/m1/s1. The SMILES string of the molecule is CC(C)[C@@H](C)NC(=O)Nc1cccc(OCC#N)c1. The van der Waals surface area contributed by atoms with Crippen molar-refractivity contribution in [1.29, 1.82) is 5.26 Å². The average molecular weight is 261 g/mol. The lowest BCUT2D eigenvalue weighted by Crippen LogP contribution is -2.38. The fraction of sp³-hybridized carbons (Fsp3) is 0.429. The van der Waals surface area contributed by atoms with E-state index < -0.39 is 0 Å². The molecule has 19 heavy (non-hydrogen) atoms. The Hall–Kier alpha value is -2.22. The van der Waals surface area contributed by atoms with Crippen LogP contribution in [0.15, 0.2) is 24.3 Å². The normalized spacial score (nSPS) is 11.5. The number of nitriles is 1. The molecule has 5 nitrogen and oxygen atoms in total. The Morgan fingerprint density at radius 3 is 2.79 bits per heavy atom. The van der Waals surface area contributed by atoms with E-state index in [2.05, 4.69) is 10.6 Å². The van der Waals surface area contributed by atoms with Gasteiger partial charge in [0.2, 0.25) is 0 Å². The molecule has 1 rings (SSSR count). The van der Waals surface area contributed by atoms with Crippen LogP contribution in [0.4, 0.5) is 10.5 Å². The first-order valence-corrected chi connectivity index (χ1v) is 6.20. The van der Waals surface area contributed by atoms with Crippen LogP contribution in [0, 0.1) is 17.2 Å². The molecule has 2 amide bonds. The number of rotatable bonds is 5. The van der Waals surface area contributed by atoms with Crippen LogP contribution < -0.4 is 15.4 Å². The molecule has 0 fully saturated rings. The first-order chi connectivity index (χ1) is 9.02. The van der Waals surface area contributed by atoms with Crippen molar-refractivity contribution in [2.45, 2.75) is 26.8 Å². The maximum Gasteiger partial charge on any atom is 0.319 e. The summed E-state index contributed by atoms with van der Waals surface area (Å²) >= 11 is 0. The Morgan fingerprint density at radius 2 is 2.16 bits per heavy atom. The van der Waals surface area contributed by atoms with Crippen molar-refractivity contribution >= 4 is 11.7 Å². The molecule has 0 radical (unpaired) electrons. The van der Waals surface area contributed by atoms with Crippen LogP contribution >= 0.6 is 0 Å². The van der Waals surface area contributed by atoms with E-state index in [1.54, 1.807) is 24.3 Å². The van der Waals surface area contributed by atoms with E-state index in [0.717, 1.165) is 0 Å². The largest absolute Gasteiger partial charge is 0.479 e. The molecule has 1 aromatic carbocycles. The second-order valence-electron chi connectivity index (χ2n) is 4.61. The first kappa shape index (κ1) is 14.8. The third-order valence-corrected chi connectivity index (χ3v) is 2.75. The van der Waals surface area contributed by atoms with Gasteiger partial charge in [-0.3, -0.25) is 0 Å². The fourth-order valence-electron chi connectivity index (χ4n) is 1.32. The van der Waals surface area contributed by atoms with Crippen LogP contribution in [0.1, 0.15) is 20.8 Å². The molecule has 0 unspecified atom stereocenters. The van der Waals surface area contributed by atoms with E-state index >= 15 is 0 Å². The number of hydrogen-bond donors (Lipinski definition) is 2. The zero-order valence-electron chi connectivity index (χ0n) is 11.4. The number of amides is 2. The van der Waals surface area contributed by atoms with Crippen molar-refractivity contribution < 1.29 is 9.53 Å². The second-order valence-corrected chi connectivity index (χ2v) is 4.61. The van der Waals surface area contributed by atoms with Gasteiger partial charge in [0, 0.05) is 17.8 Å². The maximum absolute atomic E-state index is 11.7. The van der Waals surface area contributed by atoms with Crippen molar-refractivity contribution in [3.63, 3.8) is 0 Å². The van der Waals surface area contributed by atoms with E-state index in [-0.39, 0.29) is 18.7 Å². The van der Waals surface area contributed by atoms with Crippen molar-refractivity contribution in [2.75, 3.05) is 11.9 Å². The van der Waals surface area contributed by atoms with Crippen LogP contribution in [0.3, 0.4) is 0 Å². The van der Waals surface area contributed by atoms with Crippen LogP contribution in [-0.2, 0) is 0 Å². The third kappa shape index (κ3) is 5.30. The van der Waals surface area contributed by atoms with Crippen molar-refractivity contribution in [3.05, 3.63) is 24.3 Å². The lowest BCUT2D eigenvalue weighted by Gasteiger charge is -2.18. The smallest absolute Gasteiger partial charge is 0.319 e. The summed E-state index contributed by atoms with van der Waals surface area (Å²) in [6.45, 7) is 6.03. The number of carbonyl (C=O) groups is 1. The van der Waals surface area contributed by atoms with Gasteiger partial charge in [-0.25, -0.2) is 4.79 Å². The van der Waals surface area contributed by atoms with Gasteiger partial charge in [0.25, 0.3) is 0 Å². The molecule has 1 aromatic rings. The Kier molecular flexibility index (Phi) is 5.68. The van der Waals surface area contributed by atoms with Gasteiger partial charge in [0.1, 0.15) is 11.8 Å². The summed E-state index contributed by atoms with van der Waals surface area (Å²) in [6, 6.07) is 8.67. The zero-order chi connectivity index (χ0) is 14.3. The topological polar surface area (TPSA) is 74.2 Å². The summed E-state index contributed by atoms with van der Waals surface area (Å²) in [5.41, 5.74) is 0.629. The molecule has 1 atom stereocenters. The van der Waals surface area contributed by atoms with Gasteiger partial charge >= 0.3 is 6.03 Å². The third-order valence-electron chi connectivity index (χ3n) is 2.75. The van der Waals surface area contributed by atoms with Gasteiger partial charge in [-0.15, -0.1) is 0 Å². The van der Waals surface area contributed by atoms with Crippen molar-refractivity contribution in [2.24, 2.45) is 5.92 Å². The maximum atomic E-state index is 11.7. The van der Waals surface area contributed by atoms with E-state index in [4.69, 9.17) is 10.00 Å². The molecule has 0 heterocycles. The van der Waals surface area contributed by atoms with E-state index in [9.17, 15) is 4.79 Å². The predicted octanol–water partition coefficient (Wildman–Crippen LogP) is 2.75. The molecule has 0 saturated carbocycles. The highest BCUT2D eigenvalue weighted by Gasteiger charge is 2.10. The second kappa shape index (κ2) is 7.27. The van der Waals surface area contributed by atoms with Gasteiger partial charge in [0.15, 0.2) is 6.61 Å². The van der Waals surface area contributed by atoms with E-state index in [1.165, 1.54) is 0 Å². The molecule has 5 heteroatoms. The quantitative estimate of drug-likeness (QED) is 0.855. The number of urea groups is 1. The number of benzene rings is 1. The number of nitrogens with one attached hydrogen (secondary N) is 2. The Bertz CT molecular complexity index is 466. The van der Waals surface area contributed by atoms with Crippen molar-refractivity contribution in [3.8, 4) is 11.8 Å². The number of nitrogens with zero attached hydrogens (tertiary/aromatic N) is 1. The summed E-state index contributed by atoms with van der Waals surface area (Å²) in [5.74, 6) is 0.923. The minimum absolute atomic E-state index is 0.0139. The summed E-state index contributed by atoms with van der Waals surface area (Å²) in [7, 11) is 0. The Balaban J connectivity index is 2.57. The molecule has 102 valence electrons. The van der Waals surface area contributed by atoms with Gasteiger partial charge in [-0.1, -0.05) is 19.9 Å². The molecule has 0 aliphatic rings. The van der Waals surface area contributed by atoms with Crippen molar-refractivity contribution in [1.82, 2.24) is 5.32 Å². The van der Waals surface area contributed by atoms with Gasteiger partial charge < -0.3 is 15.4 Å². The first-order valence-electron chi connectivity index (χ1n) is 6.20. The van der Waals surface area contributed by atoms with Crippen LogP contribution in [-0.4, -0.2) is 18.7 Å². The molecule has 0 aliphatic heterocycles.